The second-order valence-corrected chi connectivity index (χ2v) is 5.54. The van der Waals surface area contributed by atoms with Crippen LogP contribution < -0.4 is 0 Å². The SMILES string of the molecule is Cc1ccc(Cl)cc1N=Nc1c(C)nc2cc(C(=O)O)ccn12. The van der Waals surface area contributed by atoms with Gasteiger partial charge in [0.25, 0.3) is 0 Å². The number of fused-ring (bicyclic) bond motifs is 1. The Labute approximate surface area is 137 Å². The molecule has 6 nitrogen and oxygen atoms in total. The number of aromatic nitrogens is 2. The second kappa shape index (κ2) is 5.81. The van der Waals surface area contributed by atoms with Crippen LogP contribution in [0.5, 0.6) is 0 Å². The van der Waals surface area contributed by atoms with Gasteiger partial charge in [-0.25, -0.2) is 9.78 Å². The fourth-order valence-corrected chi connectivity index (χ4v) is 2.36. The second-order valence-electron chi connectivity index (χ2n) is 5.10. The fraction of sp³-hybridized carbons (Fsp3) is 0.125. The number of hydrogen-bond acceptors (Lipinski definition) is 4. The van der Waals surface area contributed by atoms with Crippen molar-refractivity contribution in [2.45, 2.75) is 13.8 Å². The predicted molar refractivity (Wildman–Crippen MR) is 87.3 cm³/mol. The molecule has 0 amide bonds. The largest absolute Gasteiger partial charge is 0.478 e. The van der Waals surface area contributed by atoms with Crippen molar-refractivity contribution >= 4 is 34.7 Å². The summed E-state index contributed by atoms with van der Waals surface area (Å²) in [5.74, 6) is -0.442. The van der Waals surface area contributed by atoms with Crippen LogP contribution in [0.1, 0.15) is 21.6 Å². The summed E-state index contributed by atoms with van der Waals surface area (Å²) in [6.07, 6.45) is 1.62. The van der Waals surface area contributed by atoms with E-state index >= 15 is 0 Å². The molecule has 7 heteroatoms. The Morgan fingerprint density at radius 2 is 2.00 bits per heavy atom. The normalized spacial score (nSPS) is 11.4. The number of hydrogen-bond donors (Lipinski definition) is 1. The summed E-state index contributed by atoms with van der Waals surface area (Å²) >= 11 is 5.98. The molecule has 2 heterocycles. The van der Waals surface area contributed by atoms with E-state index in [2.05, 4.69) is 15.2 Å². The molecule has 0 radical (unpaired) electrons. The number of pyridine rings is 1. The molecule has 0 aliphatic carbocycles. The van der Waals surface area contributed by atoms with E-state index in [-0.39, 0.29) is 5.56 Å². The molecule has 1 N–H and O–H groups in total. The maximum Gasteiger partial charge on any atom is 0.335 e. The van der Waals surface area contributed by atoms with Crippen molar-refractivity contribution in [2.75, 3.05) is 0 Å². The van der Waals surface area contributed by atoms with Gasteiger partial charge < -0.3 is 5.11 Å². The fourth-order valence-electron chi connectivity index (χ4n) is 2.19. The zero-order valence-electron chi connectivity index (χ0n) is 12.5. The van der Waals surface area contributed by atoms with Crippen molar-refractivity contribution in [2.24, 2.45) is 10.2 Å². The standard InChI is InChI=1S/C16H13ClN4O2/c1-9-3-4-12(17)8-13(9)19-20-15-10(2)18-14-7-11(16(22)23)5-6-21(14)15/h3-8H,1-2H3,(H,22,23). The number of azo groups is 1. The Morgan fingerprint density at radius 1 is 1.22 bits per heavy atom. The number of halogens is 1. The summed E-state index contributed by atoms with van der Waals surface area (Å²) in [7, 11) is 0. The highest BCUT2D eigenvalue weighted by Gasteiger charge is 2.11. The monoisotopic (exact) mass is 328 g/mol. The van der Waals surface area contributed by atoms with Crippen LogP contribution in [0, 0.1) is 13.8 Å². The Hall–Kier alpha value is -2.73. The number of benzene rings is 1. The Bertz CT molecular complexity index is 947. The number of carboxylic acid groups (broad SMARTS) is 1. The van der Waals surface area contributed by atoms with Gasteiger partial charge >= 0.3 is 5.97 Å². The van der Waals surface area contributed by atoms with Gasteiger partial charge in [-0.05, 0) is 43.7 Å². The van der Waals surface area contributed by atoms with Crippen LogP contribution in [-0.4, -0.2) is 20.5 Å². The van der Waals surface area contributed by atoms with E-state index in [1.54, 1.807) is 29.7 Å². The molecule has 0 aliphatic rings. The van der Waals surface area contributed by atoms with Gasteiger partial charge in [0.2, 0.25) is 0 Å². The zero-order valence-corrected chi connectivity index (χ0v) is 13.2. The van der Waals surface area contributed by atoms with Crippen molar-refractivity contribution in [3.63, 3.8) is 0 Å². The molecule has 23 heavy (non-hydrogen) atoms. The lowest BCUT2D eigenvalue weighted by molar-refractivity contribution is 0.0697. The van der Waals surface area contributed by atoms with Crippen LogP contribution in [0.4, 0.5) is 11.5 Å². The summed E-state index contributed by atoms with van der Waals surface area (Å²) < 4.78 is 1.70. The Balaban J connectivity index is 2.06. The molecular weight excluding hydrogens is 316 g/mol. The van der Waals surface area contributed by atoms with Gasteiger partial charge in [-0.2, -0.15) is 0 Å². The third kappa shape index (κ3) is 2.93. The van der Waals surface area contributed by atoms with Crippen LogP contribution in [0.2, 0.25) is 5.02 Å². The maximum absolute atomic E-state index is 11.0. The molecule has 116 valence electrons. The average Bonchev–Trinajstić information content (AvgIpc) is 2.82. The van der Waals surface area contributed by atoms with Crippen LogP contribution in [0.25, 0.3) is 5.65 Å². The Kier molecular flexibility index (Phi) is 3.83. The minimum atomic E-state index is -0.995. The molecule has 0 spiro atoms. The molecular formula is C16H13ClN4O2. The molecule has 1 aromatic carbocycles. The van der Waals surface area contributed by atoms with Crippen LogP contribution >= 0.6 is 11.6 Å². The van der Waals surface area contributed by atoms with Crippen LogP contribution in [-0.2, 0) is 0 Å². The summed E-state index contributed by atoms with van der Waals surface area (Å²) in [6.45, 7) is 3.72. The Morgan fingerprint density at radius 3 is 2.74 bits per heavy atom. The molecule has 0 atom stereocenters. The van der Waals surface area contributed by atoms with Crippen molar-refractivity contribution in [3.05, 3.63) is 58.4 Å². The third-order valence-corrected chi connectivity index (χ3v) is 3.67. The van der Waals surface area contributed by atoms with Gasteiger partial charge in [0.15, 0.2) is 5.82 Å². The first kappa shape index (κ1) is 15.2. The van der Waals surface area contributed by atoms with Crippen LogP contribution in [0.3, 0.4) is 0 Å². The number of carboxylic acids is 1. The first-order chi connectivity index (χ1) is 11.0. The molecule has 0 bridgehead atoms. The highest BCUT2D eigenvalue weighted by atomic mass is 35.5. The minimum Gasteiger partial charge on any atom is -0.478 e. The predicted octanol–water partition coefficient (Wildman–Crippen LogP) is 4.72. The zero-order chi connectivity index (χ0) is 16.6. The van der Waals surface area contributed by atoms with E-state index < -0.39 is 5.97 Å². The lowest BCUT2D eigenvalue weighted by Crippen LogP contribution is -1.97. The molecule has 0 unspecified atom stereocenters. The van der Waals surface area contributed by atoms with Gasteiger partial charge in [0, 0.05) is 11.2 Å². The summed E-state index contributed by atoms with van der Waals surface area (Å²) in [5, 5.41) is 18.1. The van der Waals surface area contributed by atoms with Crippen LogP contribution in [0.15, 0.2) is 46.8 Å². The quantitative estimate of drug-likeness (QED) is 0.706. The maximum atomic E-state index is 11.0. The summed E-state index contributed by atoms with van der Waals surface area (Å²) in [5.41, 5.74) is 2.98. The van der Waals surface area contributed by atoms with Gasteiger partial charge in [0.05, 0.1) is 16.9 Å². The van der Waals surface area contributed by atoms with E-state index in [9.17, 15) is 4.79 Å². The lowest BCUT2D eigenvalue weighted by atomic mass is 10.2. The smallest absolute Gasteiger partial charge is 0.335 e. The number of aromatic carboxylic acids is 1. The summed E-state index contributed by atoms with van der Waals surface area (Å²) in [4.78, 5) is 15.4. The molecule has 0 aliphatic heterocycles. The third-order valence-electron chi connectivity index (χ3n) is 3.44. The van der Waals surface area contributed by atoms with E-state index in [1.807, 2.05) is 13.0 Å². The molecule has 0 saturated carbocycles. The molecule has 2 aromatic heterocycles. The summed E-state index contributed by atoms with van der Waals surface area (Å²) in [6, 6.07) is 8.40. The number of carbonyl (C=O) groups is 1. The molecule has 0 fully saturated rings. The topological polar surface area (TPSA) is 79.3 Å². The van der Waals surface area contributed by atoms with Gasteiger partial charge in [0.1, 0.15) is 5.65 Å². The number of rotatable bonds is 3. The van der Waals surface area contributed by atoms with Gasteiger partial charge in [-0.1, -0.05) is 17.7 Å². The van der Waals surface area contributed by atoms with E-state index in [0.29, 0.717) is 27.9 Å². The van der Waals surface area contributed by atoms with Crippen molar-refractivity contribution in [1.82, 2.24) is 9.38 Å². The highest BCUT2D eigenvalue weighted by molar-refractivity contribution is 6.30. The first-order valence-electron chi connectivity index (χ1n) is 6.85. The number of imidazole rings is 1. The van der Waals surface area contributed by atoms with E-state index in [0.717, 1.165) is 5.56 Å². The first-order valence-corrected chi connectivity index (χ1v) is 7.23. The molecule has 0 saturated heterocycles. The minimum absolute atomic E-state index is 0.177. The van der Waals surface area contributed by atoms with E-state index in [1.165, 1.54) is 12.1 Å². The van der Waals surface area contributed by atoms with Crippen molar-refractivity contribution < 1.29 is 9.90 Å². The van der Waals surface area contributed by atoms with Gasteiger partial charge in [-0.15, -0.1) is 10.2 Å². The van der Waals surface area contributed by atoms with E-state index in [4.69, 9.17) is 16.7 Å². The lowest BCUT2D eigenvalue weighted by Gasteiger charge is -2.00. The molecule has 3 rings (SSSR count). The number of nitrogens with zero attached hydrogens (tertiary/aromatic N) is 4. The number of aryl methyl sites for hydroxylation is 2. The van der Waals surface area contributed by atoms with Gasteiger partial charge in [-0.3, -0.25) is 4.40 Å². The van der Waals surface area contributed by atoms with Crippen molar-refractivity contribution in [1.29, 1.82) is 0 Å². The highest BCUT2D eigenvalue weighted by Crippen LogP contribution is 2.27. The molecule has 3 aromatic rings. The van der Waals surface area contributed by atoms with Crippen molar-refractivity contribution in [3.8, 4) is 0 Å². The average molecular weight is 329 g/mol.